The standard InChI is InChI=1S/C22H24ClN5O2.C2H4O3/c23-15-6-7-20-18(14-15)25-22(30)28(20)16-8-12-26(13-9-16)10-3-11-27-19-5-2-1-4-17(19)24-21(27)29;3-1-2(4)5/h1-2,4-7,14,16H,3,8-13H2,(H,24,29)(H,25,30);3H,1H2,(H,4,5). The summed E-state index contributed by atoms with van der Waals surface area (Å²) in [7, 11) is 0. The molecule has 3 heterocycles. The van der Waals surface area contributed by atoms with Gasteiger partial charge < -0.3 is 25.1 Å². The summed E-state index contributed by atoms with van der Waals surface area (Å²) in [4.78, 5) is 42.1. The Labute approximate surface area is 205 Å². The number of aliphatic hydroxyl groups is 1. The zero-order valence-corrected chi connectivity index (χ0v) is 19.9. The number of aromatic amines is 2. The lowest BCUT2D eigenvalue weighted by Crippen LogP contribution is -2.37. The second-order valence-electron chi connectivity index (χ2n) is 8.54. The first-order valence-corrected chi connectivity index (χ1v) is 11.9. The molecule has 0 amide bonds. The number of carboxylic acid groups (broad SMARTS) is 1. The van der Waals surface area contributed by atoms with Crippen molar-refractivity contribution >= 4 is 39.6 Å². The first kappa shape index (κ1) is 24.8. The molecule has 1 aliphatic rings. The first-order valence-electron chi connectivity index (χ1n) is 11.5. The van der Waals surface area contributed by atoms with Gasteiger partial charge >= 0.3 is 17.3 Å². The van der Waals surface area contributed by atoms with E-state index in [1.54, 1.807) is 6.07 Å². The number of nitrogens with zero attached hydrogens (tertiary/aromatic N) is 3. The van der Waals surface area contributed by atoms with Crippen molar-refractivity contribution in [2.24, 2.45) is 0 Å². The zero-order chi connectivity index (χ0) is 24.9. The van der Waals surface area contributed by atoms with E-state index in [2.05, 4.69) is 14.9 Å². The fourth-order valence-corrected chi connectivity index (χ4v) is 4.82. The van der Waals surface area contributed by atoms with Crippen LogP contribution >= 0.6 is 11.6 Å². The molecule has 1 saturated heterocycles. The molecule has 11 heteroatoms. The van der Waals surface area contributed by atoms with Crippen LogP contribution in [0.4, 0.5) is 0 Å². The molecule has 0 atom stereocenters. The molecule has 5 rings (SSSR count). The van der Waals surface area contributed by atoms with E-state index in [-0.39, 0.29) is 17.4 Å². The molecular weight excluding hydrogens is 474 g/mol. The molecule has 1 fully saturated rings. The molecule has 186 valence electrons. The van der Waals surface area contributed by atoms with Gasteiger partial charge in [0.05, 0.1) is 22.1 Å². The third-order valence-electron chi connectivity index (χ3n) is 6.27. The number of H-pyrrole nitrogens is 2. The van der Waals surface area contributed by atoms with E-state index in [1.165, 1.54) is 0 Å². The fraction of sp³-hybridized carbons (Fsp3) is 0.375. The number of para-hydroxylation sites is 2. The zero-order valence-electron chi connectivity index (χ0n) is 19.1. The Kier molecular flexibility index (Phi) is 7.74. The number of benzene rings is 2. The number of likely N-dealkylation sites (tertiary alicyclic amines) is 1. The van der Waals surface area contributed by atoms with Crippen LogP contribution in [-0.2, 0) is 11.3 Å². The van der Waals surface area contributed by atoms with Crippen molar-refractivity contribution in [2.75, 3.05) is 26.2 Å². The second kappa shape index (κ2) is 10.9. The number of fused-ring (bicyclic) bond motifs is 2. The lowest BCUT2D eigenvalue weighted by atomic mass is 10.0. The van der Waals surface area contributed by atoms with Gasteiger partial charge in [0, 0.05) is 30.7 Å². The van der Waals surface area contributed by atoms with Crippen molar-refractivity contribution in [1.29, 1.82) is 0 Å². The predicted molar refractivity (Wildman–Crippen MR) is 134 cm³/mol. The number of carboxylic acids is 1. The van der Waals surface area contributed by atoms with Gasteiger partial charge in [-0.3, -0.25) is 9.13 Å². The molecule has 10 nitrogen and oxygen atoms in total. The quantitative estimate of drug-likeness (QED) is 0.320. The SMILES string of the molecule is O=C(O)CO.O=c1[nH]c2ccccc2n1CCCN1CCC(n2c(=O)[nH]c3cc(Cl)ccc32)CC1. The van der Waals surface area contributed by atoms with Crippen molar-refractivity contribution < 1.29 is 15.0 Å². The molecule has 0 unspecified atom stereocenters. The molecule has 0 radical (unpaired) electrons. The van der Waals surface area contributed by atoms with E-state index in [0.717, 1.165) is 61.0 Å². The number of imidazole rings is 2. The summed E-state index contributed by atoms with van der Waals surface area (Å²) >= 11 is 6.05. The number of rotatable bonds is 6. The van der Waals surface area contributed by atoms with Gasteiger partial charge in [-0.1, -0.05) is 23.7 Å². The number of nitrogens with one attached hydrogen (secondary N) is 2. The number of aromatic nitrogens is 4. The van der Waals surface area contributed by atoms with Gasteiger partial charge in [0.25, 0.3) is 0 Å². The van der Waals surface area contributed by atoms with Crippen LogP contribution in [0.3, 0.4) is 0 Å². The van der Waals surface area contributed by atoms with Crippen LogP contribution in [0, 0.1) is 0 Å². The summed E-state index contributed by atoms with van der Waals surface area (Å²) in [5.74, 6) is -1.19. The van der Waals surface area contributed by atoms with Gasteiger partial charge in [0.15, 0.2) is 0 Å². The molecule has 0 aliphatic carbocycles. The molecule has 2 aromatic carbocycles. The number of hydrogen-bond donors (Lipinski definition) is 4. The lowest BCUT2D eigenvalue weighted by Gasteiger charge is -2.32. The summed E-state index contributed by atoms with van der Waals surface area (Å²) in [6.07, 6.45) is 2.78. The normalized spacial score (nSPS) is 14.8. The third kappa shape index (κ3) is 5.67. The first-order chi connectivity index (χ1) is 16.9. The highest BCUT2D eigenvalue weighted by atomic mass is 35.5. The maximum atomic E-state index is 12.5. The van der Waals surface area contributed by atoms with Gasteiger partial charge in [0.2, 0.25) is 0 Å². The number of hydrogen-bond acceptors (Lipinski definition) is 5. The van der Waals surface area contributed by atoms with Gasteiger partial charge in [0.1, 0.15) is 6.61 Å². The lowest BCUT2D eigenvalue weighted by molar-refractivity contribution is -0.140. The molecule has 4 N–H and O–H groups in total. The van der Waals surface area contributed by atoms with Crippen molar-refractivity contribution in [3.05, 3.63) is 68.5 Å². The third-order valence-corrected chi connectivity index (χ3v) is 6.51. The minimum Gasteiger partial charge on any atom is -0.480 e. The van der Waals surface area contributed by atoms with E-state index < -0.39 is 12.6 Å². The Balaban J connectivity index is 0.000000527. The van der Waals surface area contributed by atoms with E-state index in [4.69, 9.17) is 26.6 Å². The Morgan fingerprint density at radius 3 is 2.37 bits per heavy atom. The second-order valence-corrected chi connectivity index (χ2v) is 8.98. The Bertz CT molecular complexity index is 1430. The summed E-state index contributed by atoms with van der Waals surface area (Å²) in [6.45, 7) is 2.75. The predicted octanol–water partition coefficient (Wildman–Crippen LogP) is 2.42. The van der Waals surface area contributed by atoms with E-state index >= 15 is 0 Å². The highest BCUT2D eigenvalue weighted by molar-refractivity contribution is 6.31. The number of halogens is 1. The Morgan fingerprint density at radius 2 is 1.66 bits per heavy atom. The van der Waals surface area contributed by atoms with Gasteiger partial charge in [-0.15, -0.1) is 0 Å². The van der Waals surface area contributed by atoms with E-state index in [1.807, 2.05) is 45.5 Å². The highest BCUT2D eigenvalue weighted by Crippen LogP contribution is 2.26. The number of carbonyl (C=O) groups is 1. The van der Waals surface area contributed by atoms with E-state index in [0.29, 0.717) is 11.6 Å². The number of piperidine rings is 1. The molecule has 2 aromatic heterocycles. The van der Waals surface area contributed by atoms with Crippen LogP contribution in [0.25, 0.3) is 22.1 Å². The molecule has 0 bridgehead atoms. The van der Waals surface area contributed by atoms with Crippen LogP contribution in [0.15, 0.2) is 52.1 Å². The molecule has 35 heavy (non-hydrogen) atoms. The van der Waals surface area contributed by atoms with Crippen molar-refractivity contribution in [3.63, 3.8) is 0 Å². The van der Waals surface area contributed by atoms with Crippen LogP contribution in [-0.4, -0.2) is 66.4 Å². The van der Waals surface area contributed by atoms with Crippen LogP contribution in [0.2, 0.25) is 5.02 Å². The van der Waals surface area contributed by atoms with Gasteiger partial charge in [-0.05, 0) is 56.1 Å². The molecule has 1 aliphatic heterocycles. The highest BCUT2D eigenvalue weighted by Gasteiger charge is 2.23. The Morgan fingerprint density at radius 1 is 0.971 bits per heavy atom. The maximum Gasteiger partial charge on any atom is 0.329 e. The van der Waals surface area contributed by atoms with Crippen LogP contribution < -0.4 is 11.4 Å². The molecular formula is C24H28ClN5O5. The number of aliphatic hydroxyl groups excluding tert-OH is 1. The maximum absolute atomic E-state index is 12.5. The molecule has 0 spiro atoms. The molecule has 4 aromatic rings. The molecule has 0 saturated carbocycles. The largest absolute Gasteiger partial charge is 0.480 e. The summed E-state index contributed by atoms with van der Waals surface area (Å²) in [5.41, 5.74) is 3.44. The average Bonchev–Trinajstić information content (AvgIpc) is 3.34. The van der Waals surface area contributed by atoms with Crippen molar-refractivity contribution in [3.8, 4) is 0 Å². The minimum absolute atomic E-state index is 0.0475. The van der Waals surface area contributed by atoms with Gasteiger partial charge in [-0.25, -0.2) is 14.4 Å². The Hall–Kier alpha value is -3.34. The smallest absolute Gasteiger partial charge is 0.329 e. The fourth-order valence-electron chi connectivity index (χ4n) is 4.65. The summed E-state index contributed by atoms with van der Waals surface area (Å²) < 4.78 is 3.70. The summed E-state index contributed by atoms with van der Waals surface area (Å²) in [6, 6.07) is 13.5. The van der Waals surface area contributed by atoms with Gasteiger partial charge in [-0.2, -0.15) is 0 Å². The van der Waals surface area contributed by atoms with Crippen molar-refractivity contribution in [2.45, 2.75) is 31.8 Å². The topological polar surface area (TPSA) is 136 Å². The average molecular weight is 502 g/mol. The van der Waals surface area contributed by atoms with Crippen LogP contribution in [0.5, 0.6) is 0 Å². The van der Waals surface area contributed by atoms with Crippen LogP contribution in [0.1, 0.15) is 25.3 Å². The summed E-state index contributed by atoms with van der Waals surface area (Å²) in [5, 5.41) is 15.6. The minimum atomic E-state index is -1.19. The number of aryl methyl sites for hydroxylation is 1. The monoisotopic (exact) mass is 501 g/mol. The van der Waals surface area contributed by atoms with Crippen molar-refractivity contribution in [1.82, 2.24) is 24.0 Å². The van der Waals surface area contributed by atoms with E-state index in [9.17, 15) is 9.59 Å². The number of aliphatic carboxylic acids is 1.